The molecule has 3 aromatic rings. The summed E-state index contributed by atoms with van der Waals surface area (Å²) in [6.07, 6.45) is 3.54. The van der Waals surface area contributed by atoms with Crippen LogP contribution in [0.1, 0.15) is 30.4 Å². The zero-order chi connectivity index (χ0) is 27.4. The molecule has 1 heterocycles. The van der Waals surface area contributed by atoms with E-state index in [1.165, 1.54) is 0 Å². The Labute approximate surface area is 243 Å². The van der Waals surface area contributed by atoms with Crippen molar-refractivity contribution in [2.24, 2.45) is 0 Å². The van der Waals surface area contributed by atoms with Gasteiger partial charge < -0.3 is 15.0 Å². The Morgan fingerprint density at radius 1 is 1.03 bits per heavy atom. The first-order chi connectivity index (χ1) is 18.9. The topological polar surface area (TPSA) is 61.9 Å². The van der Waals surface area contributed by atoms with E-state index < -0.39 is 6.04 Å². The first-order valence-electron chi connectivity index (χ1n) is 13.1. The second kappa shape index (κ2) is 12.6. The van der Waals surface area contributed by atoms with Crippen molar-refractivity contribution >= 4 is 52.3 Å². The lowest BCUT2D eigenvalue weighted by Crippen LogP contribution is -2.61. The molecular weight excluding hydrogens is 557 g/mol. The zero-order valence-electron chi connectivity index (χ0n) is 21.4. The number of aryl methyl sites for hydroxylation is 1. The Balaban J connectivity index is 1.25. The van der Waals surface area contributed by atoms with Crippen molar-refractivity contribution in [3.8, 4) is 5.75 Å². The van der Waals surface area contributed by atoms with Crippen LogP contribution in [0, 0.1) is 0 Å². The number of benzene rings is 3. The molecule has 3 aromatic carbocycles. The van der Waals surface area contributed by atoms with Crippen molar-refractivity contribution in [3.63, 3.8) is 0 Å². The minimum atomic E-state index is -0.637. The molecule has 204 valence electrons. The van der Waals surface area contributed by atoms with Gasteiger partial charge in [-0.15, -0.1) is 0 Å². The third-order valence-electron chi connectivity index (χ3n) is 7.01. The van der Waals surface area contributed by atoms with Crippen LogP contribution in [0.25, 0.3) is 0 Å². The third-order valence-corrected chi connectivity index (χ3v) is 8.10. The summed E-state index contributed by atoms with van der Waals surface area (Å²) in [6, 6.07) is 20.2. The first kappa shape index (κ1) is 27.8. The predicted molar refractivity (Wildman–Crippen MR) is 156 cm³/mol. The van der Waals surface area contributed by atoms with Crippen LogP contribution >= 0.6 is 34.8 Å². The van der Waals surface area contributed by atoms with Crippen LogP contribution < -0.4 is 15.0 Å². The van der Waals surface area contributed by atoms with E-state index in [1.54, 1.807) is 17.0 Å². The van der Waals surface area contributed by atoms with Crippen LogP contribution in [0.3, 0.4) is 0 Å². The van der Waals surface area contributed by atoms with Crippen LogP contribution in [0.5, 0.6) is 5.75 Å². The second-order valence-electron chi connectivity index (χ2n) is 9.90. The van der Waals surface area contributed by atoms with Gasteiger partial charge in [-0.05, 0) is 73.2 Å². The fourth-order valence-corrected chi connectivity index (χ4v) is 5.41. The number of ether oxygens (including phenoxy) is 1. The molecule has 9 heteroatoms. The molecule has 0 aromatic heterocycles. The summed E-state index contributed by atoms with van der Waals surface area (Å²) >= 11 is 18.7. The van der Waals surface area contributed by atoms with Crippen molar-refractivity contribution in [1.82, 2.24) is 10.2 Å². The Hall–Kier alpha value is -2.77. The van der Waals surface area contributed by atoms with Crippen molar-refractivity contribution in [2.75, 3.05) is 24.6 Å². The van der Waals surface area contributed by atoms with Gasteiger partial charge in [-0.3, -0.25) is 14.5 Å². The van der Waals surface area contributed by atoms with E-state index in [2.05, 4.69) is 5.32 Å². The standard InChI is InChI=1S/C30H30Cl3N3O3/c31-22-6-2-7-25(16-22)39-15-3-4-20-9-11-24(12-10-20)36-27(17-34-18-28(36)37)30(38)35(23-13-14-23)19-21-5-1-8-26(32)29(21)33/h1-2,5-12,16,23,27,34H,3-4,13-15,17-19H2/t27-/m1/s1. The summed E-state index contributed by atoms with van der Waals surface area (Å²) in [4.78, 5) is 30.4. The quantitative estimate of drug-likeness (QED) is 0.289. The molecule has 6 nitrogen and oxygen atoms in total. The fourth-order valence-electron chi connectivity index (χ4n) is 4.85. The summed E-state index contributed by atoms with van der Waals surface area (Å²) in [5, 5.41) is 4.69. The molecule has 2 aliphatic rings. The van der Waals surface area contributed by atoms with Crippen molar-refractivity contribution < 1.29 is 14.3 Å². The van der Waals surface area contributed by atoms with Gasteiger partial charge in [0.25, 0.3) is 0 Å². The molecule has 0 spiro atoms. The lowest BCUT2D eigenvalue weighted by atomic mass is 10.1. The number of nitrogens with zero attached hydrogens (tertiary/aromatic N) is 2. The number of anilines is 1. The van der Waals surface area contributed by atoms with Gasteiger partial charge in [-0.25, -0.2) is 0 Å². The SMILES string of the molecule is O=C([C@H]1CNCC(=O)N1c1ccc(CCCOc2cccc(Cl)c2)cc1)N(Cc1cccc(Cl)c1Cl)C1CC1. The maximum atomic E-state index is 13.9. The number of hydrogen-bond donors (Lipinski definition) is 1. The molecule has 1 saturated heterocycles. The summed E-state index contributed by atoms with van der Waals surface area (Å²) < 4.78 is 5.78. The van der Waals surface area contributed by atoms with Crippen molar-refractivity contribution in [2.45, 2.75) is 44.3 Å². The van der Waals surface area contributed by atoms with Crippen LogP contribution in [0.2, 0.25) is 15.1 Å². The molecule has 1 aliphatic heterocycles. The Bertz CT molecular complexity index is 1330. The highest BCUT2D eigenvalue weighted by Gasteiger charge is 2.41. The molecule has 1 atom stereocenters. The first-order valence-corrected chi connectivity index (χ1v) is 14.3. The van der Waals surface area contributed by atoms with Crippen molar-refractivity contribution in [3.05, 3.63) is 92.9 Å². The Morgan fingerprint density at radius 2 is 1.79 bits per heavy atom. The largest absolute Gasteiger partial charge is 0.494 e. The second-order valence-corrected chi connectivity index (χ2v) is 11.1. The van der Waals surface area contributed by atoms with E-state index in [-0.39, 0.29) is 24.4 Å². The van der Waals surface area contributed by atoms with E-state index in [9.17, 15) is 9.59 Å². The predicted octanol–water partition coefficient (Wildman–Crippen LogP) is 6.15. The van der Waals surface area contributed by atoms with E-state index in [0.29, 0.717) is 34.8 Å². The maximum absolute atomic E-state index is 13.9. The number of rotatable bonds is 10. The lowest BCUT2D eigenvalue weighted by molar-refractivity contribution is -0.136. The van der Waals surface area contributed by atoms with Gasteiger partial charge in [0.2, 0.25) is 11.8 Å². The average Bonchev–Trinajstić information content (AvgIpc) is 3.77. The van der Waals surface area contributed by atoms with Crippen LogP contribution in [-0.2, 0) is 22.6 Å². The van der Waals surface area contributed by atoms with Gasteiger partial charge in [0.1, 0.15) is 11.8 Å². The van der Waals surface area contributed by atoms with Gasteiger partial charge in [0.15, 0.2) is 0 Å². The highest BCUT2D eigenvalue weighted by Crippen LogP contribution is 2.34. The fraction of sp³-hybridized carbons (Fsp3) is 0.333. The van der Waals surface area contributed by atoms with Crippen molar-refractivity contribution in [1.29, 1.82) is 0 Å². The molecule has 2 amide bonds. The molecule has 1 N–H and O–H groups in total. The van der Waals surface area contributed by atoms with Crippen LogP contribution in [-0.4, -0.2) is 48.5 Å². The normalized spacial score (nSPS) is 17.3. The number of carbonyl (C=O) groups excluding carboxylic acids is 2. The summed E-state index contributed by atoms with van der Waals surface area (Å²) in [5.74, 6) is 0.541. The van der Waals surface area contributed by atoms with Gasteiger partial charge >= 0.3 is 0 Å². The number of halogens is 3. The summed E-state index contributed by atoms with van der Waals surface area (Å²) in [5.41, 5.74) is 2.65. The minimum Gasteiger partial charge on any atom is -0.494 e. The molecule has 0 bridgehead atoms. The average molecular weight is 587 g/mol. The maximum Gasteiger partial charge on any atom is 0.247 e. The highest BCUT2D eigenvalue weighted by atomic mass is 35.5. The van der Waals surface area contributed by atoms with Gasteiger partial charge in [0, 0.05) is 29.8 Å². The van der Waals surface area contributed by atoms with E-state index >= 15 is 0 Å². The molecule has 1 aliphatic carbocycles. The molecule has 0 radical (unpaired) electrons. The smallest absolute Gasteiger partial charge is 0.247 e. The lowest BCUT2D eigenvalue weighted by Gasteiger charge is -2.38. The Kier molecular flexibility index (Phi) is 8.98. The van der Waals surface area contributed by atoms with E-state index in [1.807, 2.05) is 59.5 Å². The molecule has 5 rings (SSSR count). The summed E-state index contributed by atoms with van der Waals surface area (Å²) in [6.45, 7) is 1.51. The third kappa shape index (κ3) is 6.87. The zero-order valence-corrected chi connectivity index (χ0v) is 23.7. The van der Waals surface area contributed by atoms with Gasteiger partial charge in [0.05, 0.1) is 23.2 Å². The number of piperazine rings is 1. The monoisotopic (exact) mass is 585 g/mol. The molecule has 2 fully saturated rings. The molecule has 0 unspecified atom stereocenters. The Morgan fingerprint density at radius 3 is 2.54 bits per heavy atom. The minimum absolute atomic E-state index is 0.0867. The summed E-state index contributed by atoms with van der Waals surface area (Å²) in [7, 11) is 0. The number of hydrogen-bond acceptors (Lipinski definition) is 4. The number of carbonyl (C=O) groups is 2. The van der Waals surface area contributed by atoms with Crippen LogP contribution in [0.15, 0.2) is 66.7 Å². The molecular formula is C30H30Cl3N3O3. The highest BCUT2D eigenvalue weighted by molar-refractivity contribution is 6.42. The number of nitrogens with one attached hydrogen (secondary N) is 1. The molecule has 39 heavy (non-hydrogen) atoms. The molecule has 1 saturated carbocycles. The van der Waals surface area contributed by atoms with E-state index in [4.69, 9.17) is 39.5 Å². The van der Waals surface area contributed by atoms with Gasteiger partial charge in [-0.2, -0.15) is 0 Å². The van der Waals surface area contributed by atoms with Crippen LogP contribution in [0.4, 0.5) is 5.69 Å². The number of amides is 2. The van der Waals surface area contributed by atoms with E-state index in [0.717, 1.165) is 48.2 Å². The van der Waals surface area contributed by atoms with Gasteiger partial charge in [-0.1, -0.05) is 65.1 Å².